The van der Waals surface area contributed by atoms with E-state index in [9.17, 15) is 0 Å². The van der Waals surface area contributed by atoms with Crippen LogP contribution < -0.4 is 0 Å². The number of aryl methyl sites for hydroxylation is 2. The Morgan fingerprint density at radius 1 is 0.500 bits per heavy atom. The van der Waals surface area contributed by atoms with Gasteiger partial charge in [0.15, 0.2) is 0 Å². The molecule has 0 unspecified atom stereocenters. The highest BCUT2D eigenvalue weighted by Crippen LogP contribution is 2.38. The first-order valence-electron chi connectivity index (χ1n) is 12.0. The van der Waals surface area contributed by atoms with Crippen molar-refractivity contribution in [3.05, 3.63) is 84.7 Å². The highest BCUT2D eigenvalue weighted by Gasteiger charge is 2.16. The lowest BCUT2D eigenvalue weighted by Crippen LogP contribution is -1.89. The molecule has 3 aromatic heterocycles. The van der Waals surface area contributed by atoms with Crippen LogP contribution in [0.4, 0.5) is 0 Å². The molecular formula is C30H20N6. The Labute approximate surface area is 205 Å². The van der Waals surface area contributed by atoms with Crippen molar-refractivity contribution in [2.45, 2.75) is 13.8 Å². The number of aromatic nitrogens is 6. The molecule has 0 saturated heterocycles. The third-order valence-electron chi connectivity index (χ3n) is 7.20. The van der Waals surface area contributed by atoms with Gasteiger partial charge in [-0.05, 0) is 47.9 Å². The fourth-order valence-electron chi connectivity index (χ4n) is 5.67. The van der Waals surface area contributed by atoms with E-state index in [4.69, 9.17) is 15.0 Å². The second-order valence-electron chi connectivity index (χ2n) is 9.41. The molecule has 6 nitrogen and oxygen atoms in total. The predicted octanol–water partition coefficient (Wildman–Crippen LogP) is 7.13. The summed E-state index contributed by atoms with van der Waals surface area (Å²) in [5, 5.41) is 6.89. The summed E-state index contributed by atoms with van der Waals surface area (Å²) in [4.78, 5) is 25.8. The smallest absolute Gasteiger partial charge is 0.115 e. The fourth-order valence-corrected chi connectivity index (χ4v) is 5.67. The van der Waals surface area contributed by atoms with E-state index in [1.165, 1.54) is 16.2 Å². The van der Waals surface area contributed by atoms with Gasteiger partial charge in [-0.25, -0.2) is 9.97 Å². The van der Waals surface area contributed by atoms with Gasteiger partial charge in [0.1, 0.15) is 17.2 Å². The van der Waals surface area contributed by atoms with Crippen LogP contribution in [0.2, 0.25) is 0 Å². The van der Waals surface area contributed by atoms with Crippen LogP contribution in [0.15, 0.2) is 73.1 Å². The summed E-state index contributed by atoms with van der Waals surface area (Å²) < 4.78 is 0. The zero-order valence-electron chi connectivity index (χ0n) is 19.7. The zero-order chi connectivity index (χ0) is 24.0. The van der Waals surface area contributed by atoms with E-state index in [1.54, 1.807) is 12.4 Å². The Morgan fingerprint density at radius 3 is 1.86 bits per heavy atom. The standard InChI is InChI=1S/C30H20N6/c1-15-33-26-20-6-4-3-5-19(20)23-13-17(7-9-21(23)27(26)34-15)18-8-10-22-24(14-18)25-29(32-12-11-31-25)30-28(22)35-16(2)36-30/h3-14H,1-2H3,(H,33,34)(H,35,36). The van der Waals surface area contributed by atoms with Crippen molar-refractivity contribution in [3.8, 4) is 11.1 Å². The van der Waals surface area contributed by atoms with Crippen LogP contribution in [0, 0.1) is 13.8 Å². The number of H-pyrrole nitrogens is 2. The van der Waals surface area contributed by atoms with Crippen molar-refractivity contribution in [2.75, 3.05) is 0 Å². The molecule has 2 N–H and O–H groups in total. The van der Waals surface area contributed by atoms with Crippen molar-refractivity contribution >= 4 is 65.4 Å². The van der Waals surface area contributed by atoms with Gasteiger partial charge in [0, 0.05) is 33.9 Å². The van der Waals surface area contributed by atoms with Crippen LogP contribution in [-0.4, -0.2) is 29.9 Å². The lowest BCUT2D eigenvalue weighted by atomic mass is 9.94. The Morgan fingerprint density at radius 2 is 1.08 bits per heavy atom. The molecule has 0 radical (unpaired) electrons. The quantitative estimate of drug-likeness (QED) is 0.253. The van der Waals surface area contributed by atoms with E-state index < -0.39 is 0 Å². The molecule has 0 aliphatic rings. The van der Waals surface area contributed by atoms with E-state index in [-0.39, 0.29) is 0 Å². The number of rotatable bonds is 1. The molecule has 170 valence electrons. The van der Waals surface area contributed by atoms with Gasteiger partial charge in [0.05, 0.1) is 27.6 Å². The van der Waals surface area contributed by atoms with Gasteiger partial charge in [-0.1, -0.05) is 48.5 Å². The van der Waals surface area contributed by atoms with Crippen LogP contribution in [0.25, 0.3) is 76.5 Å². The number of hydrogen-bond acceptors (Lipinski definition) is 4. The number of nitrogens with zero attached hydrogens (tertiary/aromatic N) is 4. The van der Waals surface area contributed by atoms with Gasteiger partial charge >= 0.3 is 0 Å². The number of nitrogens with one attached hydrogen (secondary N) is 2. The average Bonchev–Trinajstić information content (AvgIpc) is 3.51. The van der Waals surface area contributed by atoms with Gasteiger partial charge in [-0.15, -0.1) is 0 Å². The number of imidazole rings is 2. The van der Waals surface area contributed by atoms with Crippen molar-refractivity contribution in [1.29, 1.82) is 0 Å². The van der Waals surface area contributed by atoms with Crippen molar-refractivity contribution < 1.29 is 0 Å². The van der Waals surface area contributed by atoms with E-state index in [2.05, 4.69) is 75.6 Å². The second-order valence-corrected chi connectivity index (χ2v) is 9.41. The van der Waals surface area contributed by atoms with Crippen molar-refractivity contribution in [1.82, 2.24) is 29.9 Å². The fraction of sp³-hybridized carbons (Fsp3) is 0.0667. The van der Waals surface area contributed by atoms with Crippen LogP contribution in [0.1, 0.15) is 11.6 Å². The van der Waals surface area contributed by atoms with Gasteiger partial charge in [0.2, 0.25) is 0 Å². The minimum Gasteiger partial charge on any atom is -0.342 e. The third-order valence-corrected chi connectivity index (χ3v) is 7.20. The summed E-state index contributed by atoms with van der Waals surface area (Å²) in [5.74, 6) is 1.80. The predicted molar refractivity (Wildman–Crippen MR) is 146 cm³/mol. The van der Waals surface area contributed by atoms with E-state index in [0.717, 1.165) is 72.0 Å². The maximum atomic E-state index is 4.78. The van der Waals surface area contributed by atoms with E-state index in [1.807, 2.05) is 13.8 Å². The maximum absolute atomic E-state index is 4.78. The largest absolute Gasteiger partial charge is 0.342 e. The van der Waals surface area contributed by atoms with Crippen LogP contribution in [-0.2, 0) is 0 Å². The molecule has 0 amide bonds. The monoisotopic (exact) mass is 464 g/mol. The minimum absolute atomic E-state index is 0.847. The van der Waals surface area contributed by atoms with Gasteiger partial charge < -0.3 is 9.97 Å². The molecule has 0 atom stereocenters. The molecule has 0 fully saturated rings. The maximum Gasteiger partial charge on any atom is 0.115 e. The first-order valence-corrected chi connectivity index (χ1v) is 12.0. The Bertz CT molecular complexity index is 2030. The summed E-state index contributed by atoms with van der Waals surface area (Å²) in [7, 11) is 0. The van der Waals surface area contributed by atoms with Crippen molar-refractivity contribution in [2.24, 2.45) is 0 Å². The molecule has 36 heavy (non-hydrogen) atoms. The van der Waals surface area contributed by atoms with E-state index >= 15 is 0 Å². The van der Waals surface area contributed by atoms with Crippen molar-refractivity contribution in [3.63, 3.8) is 0 Å². The highest BCUT2D eigenvalue weighted by molar-refractivity contribution is 6.24. The molecule has 0 bridgehead atoms. The first kappa shape index (κ1) is 19.5. The SMILES string of the molecule is Cc1nc2c3ccccc3c3cc(-c4ccc5c(c4)c4nccnc4c4[nH]c(C)nc54)ccc3c2[nH]1. The molecule has 0 aliphatic heterocycles. The Balaban J connectivity index is 1.45. The third kappa shape index (κ3) is 2.55. The van der Waals surface area contributed by atoms with Crippen LogP contribution >= 0.6 is 0 Å². The van der Waals surface area contributed by atoms with Gasteiger partial charge in [0.25, 0.3) is 0 Å². The molecule has 0 spiro atoms. The molecule has 6 heteroatoms. The average molecular weight is 465 g/mol. The van der Waals surface area contributed by atoms with Crippen LogP contribution in [0.3, 0.4) is 0 Å². The lowest BCUT2D eigenvalue weighted by Gasteiger charge is -2.11. The number of aromatic amines is 2. The normalized spacial score (nSPS) is 12.2. The topological polar surface area (TPSA) is 83.1 Å². The molecule has 0 aliphatic carbocycles. The summed E-state index contributed by atoms with van der Waals surface area (Å²) >= 11 is 0. The van der Waals surface area contributed by atoms with Crippen LogP contribution in [0.5, 0.6) is 0 Å². The summed E-state index contributed by atoms with van der Waals surface area (Å²) in [6.45, 7) is 3.98. The molecule has 3 heterocycles. The number of benzene rings is 5. The zero-order valence-corrected chi connectivity index (χ0v) is 19.7. The number of fused-ring (bicyclic) bond motifs is 12. The highest BCUT2D eigenvalue weighted by atomic mass is 14.9. The summed E-state index contributed by atoms with van der Waals surface area (Å²) in [6, 6.07) is 21.8. The Kier molecular flexibility index (Phi) is 3.71. The summed E-state index contributed by atoms with van der Waals surface area (Å²) in [5.41, 5.74) is 8.00. The van der Waals surface area contributed by atoms with Gasteiger partial charge in [-0.3, -0.25) is 9.97 Å². The molecule has 0 saturated carbocycles. The molecule has 8 rings (SSSR count). The molecule has 8 aromatic rings. The van der Waals surface area contributed by atoms with Gasteiger partial charge in [-0.2, -0.15) is 0 Å². The molecular weight excluding hydrogens is 444 g/mol. The minimum atomic E-state index is 0.847. The van der Waals surface area contributed by atoms with E-state index in [0.29, 0.717) is 0 Å². The summed E-state index contributed by atoms with van der Waals surface area (Å²) in [6.07, 6.45) is 3.49. The Hall–Kier alpha value is -4.84. The number of hydrogen-bond donors (Lipinski definition) is 2. The lowest BCUT2D eigenvalue weighted by molar-refractivity contribution is 1.17. The molecule has 5 aromatic carbocycles. The first-order chi connectivity index (χ1) is 17.7. The second kappa shape index (κ2) is 6.86.